The van der Waals surface area contributed by atoms with Gasteiger partial charge >= 0.3 is 11.9 Å². The van der Waals surface area contributed by atoms with Crippen molar-refractivity contribution < 1.29 is 38.2 Å². The van der Waals surface area contributed by atoms with Crippen LogP contribution in [0, 0.1) is 0 Å². The number of unbranched alkanes of at least 4 members (excludes halogenated alkanes) is 14. The maximum atomic E-state index is 12.6. The first-order chi connectivity index (χ1) is 24.6. The van der Waals surface area contributed by atoms with Crippen molar-refractivity contribution in [2.75, 3.05) is 41.0 Å². The Labute approximate surface area is 312 Å². The molecule has 294 valence electrons. The lowest BCUT2D eigenvalue weighted by atomic mass is 10.1. The lowest BCUT2D eigenvalue weighted by molar-refractivity contribution is -0.889. The summed E-state index contributed by atoms with van der Waals surface area (Å²) in [6.07, 6.45) is 38.9. The second-order valence-corrected chi connectivity index (χ2v) is 14.5. The number of allylic oxidation sites excluding steroid dienone is 8. The first kappa shape index (κ1) is 48.3. The molecule has 2 unspecified atom stereocenters. The van der Waals surface area contributed by atoms with Crippen molar-refractivity contribution in [2.45, 2.75) is 167 Å². The summed E-state index contributed by atoms with van der Waals surface area (Å²) < 4.78 is 17.0. The van der Waals surface area contributed by atoms with E-state index >= 15 is 0 Å². The number of carbonyl (C=O) groups excluding carboxylic acids is 3. The fraction of sp³-hybridized carbons (Fsp3) is 0.744. The number of aliphatic carboxylic acids is 1. The Bertz CT molecular complexity index is 979. The second kappa shape index (κ2) is 34.4. The molecule has 0 N–H and O–H groups in total. The molecule has 51 heavy (non-hydrogen) atoms. The molecule has 0 amide bonds. The van der Waals surface area contributed by atoms with E-state index in [2.05, 4.69) is 50.3 Å². The van der Waals surface area contributed by atoms with Gasteiger partial charge in [0.25, 0.3) is 0 Å². The van der Waals surface area contributed by atoms with Crippen LogP contribution in [0.15, 0.2) is 48.6 Å². The minimum atomic E-state index is -1.13. The predicted molar refractivity (Wildman–Crippen MR) is 208 cm³/mol. The van der Waals surface area contributed by atoms with Crippen LogP contribution in [-0.4, -0.2) is 75.5 Å². The van der Waals surface area contributed by atoms with Gasteiger partial charge in [-0.15, -0.1) is 0 Å². The number of nitrogens with zero attached hydrogens (tertiary/aromatic N) is 1. The molecule has 0 aromatic rings. The average molecular weight is 718 g/mol. The van der Waals surface area contributed by atoms with Gasteiger partial charge in [-0.25, -0.2) is 0 Å². The summed E-state index contributed by atoms with van der Waals surface area (Å²) in [4.78, 5) is 36.5. The molecule has 0 radical (unpaired) electrons. The van der Waals surface area contributed by atoms with Crippen molar-refractivity contribution in [3.05, 3.63) is 48.6 Å². The first-order valence-electron chi connectivity index (χ1n) is 20.2. The number of likely N-dealkylation sites (N-methyl/N-ethyl adjacent to an activating group) is 1. The normalized spacial score (nSPS) is 13.5. The first-order valence-corrected chi connectivity index (χ1v) is 20.2. The molecule has 0 bridgehead atoms. The van der Waals surface area contributed by atoms with Gasteiger partial charge in [-0.1, -0.05) is 133 Å². The third kappa shape index (κ3) is 32.9. The molecule has 0 aliphatic rings. The van der Waals surface area contributed by atoms with E-state index in [0.29, 0.717) is 12.8 Å². The van der Waals surface area contributed by atoms with Crippen molar-refractivity contribution >= 4 is 17.9 Å². The second-order valence-electron chi connectivity index (χ2n) is 14.5. The summed E-state index contributed by atoms with van der Waals surface area (Å²) in [5.74, 6) is -1.84. The highest BCUT2D eigenvalue weighted by Gasteiger charge is 2.25. The van der Waals surface area contributed by atoms with Crippen molar-refractivity contribution in [3.63, 3.8) is 0 Å². The Hall–Kier alpha value is -2.71. The van der Waals surface area contributed by atoms with E-state index in [1.54, 1.807) is 21.1 Å². The standard InChI is InChI=1S/C43H75NO7/c1-6-8-10-12-14-15-16-17-18-19-20-21-22-23-24-25-26-28-30-32-34-42(46)51-39(37-49-36-35-40(43(47)48)44(3,4)5)38-50-41(45)33-31-29-27-13-11-9-7-2/h9,11,15-18,27,29,39-40H,6-8,10,12-14,19-26,28,30-38H2,1-5H3/b11-9+,16-15+,18-17+,29-27+. The van der Waals surface area contributed by atoms with Crippen molar-refractivity contribution in [2.24, 2.45) is 0 Å². The molecule has 0 rings (SSSR count). The van der Waals surface area contributed by atoms with Gasteiger partial charge in [0.2, 0.25) is 0 Å². The van der Waals surface area contributed by atoms with Gasteiger partial charge in [0.05, 0.1) is 40.3 Å². The summed E-state index contributed by atoms with van der Waals surface area (Å²) in [7, 11) is 5.37. The molecule has 0 saturated heterocycles. The minimum Gasteiger partial charge on any atom is -0.544 e. The van der Waals surface area contributed by atoms with Gasteiger partial charge in [0.1, 0.15) is 12.6 Å². The zero-order valence-electron chi connectivity index (χ0n) is 33.3. The Balaban J connectivity index is 4.28. The van der Waals surface area contributed by atoms with Crippen LogP contribution in [0.5, 0.6) is 0 Å². The van der Waals surface area contributed by atoms with Crippen LogP contribution in [0.4, 0.5) is 0 Å². The highest BCUT2D eigenvalue weighted by Crippen LogP contribution is 2.14. The predicted octanol–water partition coefficient (Wildman–Crippen LogP) is 9.13. The summed E-state index contributed by atoms with van der Waals surface area (Å²) >= 11 is 0. The molecule has 0 aliphatic heterocycles. The maximum Gasteiger partial charge on any atom is 0.306 e. The molecule has 0 fully saturated rings. The van der Waals surface area contributed by atoms with E-state index in [9.17, 15) is 19.5 Å². The third-order valence-electron chi connectivity index (χ3n) is 8.74. The van der Waals surface area contributed by atoms with Gasteiger partial charge in [-0.2, -0.15) is 0 Å². The van der Waals surface area contributed by atoms with E-state index in [1.165, 1.54) is 83.5 Å². The number of rotatable bonds is 35. The summed E-state index contributed by atoms with van der Waals surface area (Å²) in [6.45, 7) is 4.41. The fourth-order valence-corrected chi connectivity index (χ4v) is 5.59. The molecule has 0 aliphatic carbocycles. The van der Waals surface area contributed by atoms with Crippen LogP contribution in [0.3, 0.4) is 0 Å². The van der Waals surface area contributed by atoms with Crippen LogP contribution in [0.25, 0.3) is 0 Å². The lowest BCUT2D eigenvalue weighted by Crippen LogP contribution is -2.55. The molecule has 0 spiro atoms. The van der Waals surface area contributed by atoms with Crippen LogP contribution in [0.1, 0.15) is 155 Å². The summed E-state index contributed by atoms with van der Waals surface area (Å²) in [6, 6.07) is -0.732. The van der Waals surface area contributed by atoms with Crippen LogP contribution in [-0.2, 0) is 28.6 Å². The Kier molecular flexibility index (Phi) is 32.6. The maximum absolute atomic E-state index is 12.6. The number of hydrogen-bond donors (Lipinski definition) is 0. The van der Waals surface area contributed by atoms with Crippen molar-refractivity contribution in [1.29, 1.82) is 0 Å². The van der Waals surface area contributed by atoms with Gasteiger partial charge in [0.15, 0.2) is 6.10 Å². The van der Waals surface area contributed by atoms with Crippen LogP contribution >= 0.6 is 0 Å². The smallest absolute Gasteiger partial charge is 0.306 e. The minimum absolute atomic E-state index is 0.0207. The third-order valence-corrected chi connectivity index (χ3v) is 8.74. The number of carboxylic acids is 1. The quantitative estimate of drug-likeness (QED) is 0.0212. The molecular formula is C43H75NO7. The van der Waals surface area contributed by atoms with E-state index in [1.807, 2.05) is 12.2 Å². The number of ether oxygens (including phenoxy) is 3. The highest BCUT2D eigenvalue weighted by atomic mass is 16.6. The molecule has 0 aromatic heterocycles. The van der Waals surface area contributed by atoms with Gasteiger partial charge in [-0.05, 0) is 51.4 Å². The Morgan fingerprint density at radius 2 is 1.20 bits per heavy atom. The van der Waals surface area contributed by atoms with Gasteiger partial charge in [0, 0.05) is 19.3 Å². The fourth-order valence-electron chi connectivity index (χ4n) is 5.59. The Morgan fingerprint density at radius 1 is 0.627 bits per heavy atom. The van der Waals surface area contributed by atoms with E-state index in [4.69, 9.17) is 14.2 Å². The number of carbonyl (C=O) groups is 3. The van der Waals surface area contributed by atoms with Gasteiger partial charge in [-0.3, -0.25) is 9.59 Å². The van der Waals surface area contributed by atoms with E-state index in [0.717, 1.165) is 32.1 Å². The number of hydrogen-bond acceptors (Lipinski definition) is 7. The Morgan fingerprint density at radius 3 is 1.76 bits per heavy atom. The molecular weight excluding hydrogens is 642 g/mol. The molecule has 0 heterocycles. The zero-order valence-corrected chi connectivity index (χ0v) is 33.3. The largest absolute Gasteiger partial charge is 0.544 e. The average Bonchev–Trinajstić information content (AvgIpc) is 3.08. The highest BCUT2D eigenvalue weighted by molar-refractivity contribution is 5.70. The SMILES string of the molecule is CC/C=C/C/C=C/CCC(=O)OCC(COCCC(C(=O)[O-])[N+](C)(C)C)OC(=O)CCCCCCCCCCCC/C=C/C=C/CCCCCC. The summed E-state index contributed by atoms with van der Waals surface area (Å²) in [5, 5.41) is 11.6. The van der Waals surface area contributed by atoms with Crippen LogP contribution in [0.2, 0.25) is 0 Å². The molecule has 0 saturated carbocycles. The topological polar surface area (TPSA) is 102 Å². The molecule has 8 nitrogen and oxygen atoms in total. The van der Waals surface area contributed by atoms with E-state index < -0.39 is 18.1 Å². The van der Waals surface area contributed by atoms with Gasteiger partial charge < -0.3 is 28.6 Å². The van der Waals surface area contributed by atoms with Crippen LogP contribution < -0.4 is 5.11 Å². The monoisotopic (exact) mass is 718 g/mol. The molecule has 0 aromatic carbocycles. The van der Waals surface area contributed by atoms with E-state index in [-0.39, 0.29) is 49.1 Å². The number of esters is 2. The number of quaternary nitrogens is 1. The molecule has 2 atom stereocenters. The van der Waals surface area contributed by atoms with Crippen molar-refractivity contribution in [3.8, 4) is 0 Å². The molecule has 8 heteroatoms. The zero-order chi connectivity index (χ0) is 37.8. The summed E-state index contributed by atoms with van der Waals surface area (Å²) in [5.41, 5.74) is 0. The lowest BCUT2D eigenvalue weighted by Gasteiger charge is -2.34. The van der Waals surface area contributed by atoms with Crippen molar-refractivity contribution in [1.82, 2.24) is 0 Å². The number of carboxylic acid groups (broad SMARTS) is 1.